The second-order valence-corrected chi connectivity index (χ2v) is 9.21. The number of hydrogen-bond donors (Lipinski definition) is 3. The normalized spacial score (nSPS) is 11.2. The molecule has 1 aromatic carbocycles. The Morgan fingerprint density at radius 1 is 1.28 bits per heavy atom. The number of sulfone groups is 1. The Balaban J connectivity index is 1.86. The summed E-state index contributed by atoms with van der Waals surface area (Å²) in [7, 11) is -3.25. The average molecular weight is 457 g/mol. The van der Waals surface area contributed by atoms with Gasteiger partial charge in [-0.05, 0) is 12.1 Å². The Morgan fingerprint density at radius 3 is 2.78 bits per heavy atom. The number of rotatable bonds is 8. The average Bonchev–Trinajstić information content (AvgIpc) is 2.73. The molecule has 0 unspecified atom stereocenters. The van der Waals surface area contributed by atoms with Crippen molar-refractivity contribution in [1.82, 2.24) is 20.3 Å². The smallest absolute Gasteiger partial charge is 0.253 e. The number of para-hydroxylation sites is 1. The fraction of sp³-hybridized carbons (Fsp3) is 0.250. The first-order valence-corrected chi connectivity index (χ1v) is 11.5. The predicted octanol–water partition coefficient (Wildman–Crippen LogP) is 1.05. The lowest BCUT2D eigenvalue weighted by molar-refractivity contribution is 0.0955. The summed E-state index contributed by atoms with van der Waals surface area (Å²) in [6, 6.07) is 7.84. The number of anilines is 2. The van der Waals surface area contributed by atoms with Gasteiger partial charge in [0.15, 0.2) is 0 Å². The minimum atomic E-state index is -3.25. The molecular weight excluding hydrogens is 437 g/mol. The van der Waals surface area contributed by atoms with Crippen molar-refractivity contribution in [3.8, 4) is 6.07 Å². The molecule has 166 valence electrons. The molecule has 0 bridgehead atoms. The van der Waals surface area contributed by atoms with Crippen LogP contribution >= 0.6 is 0 Å². The lowest BCUT2D eigenvalue weighted by atomic mass is 10.1. The molecule has 0 atom stereocenters. The minimum absolute atomic E-state index is 0.0295. The third kappa shape index (κ3) is 5.44. The van der Waals surface area contributed by atoms with E-state index in [1.54, 1.807) is 6.07 Å². The third-order valence-corrected chi connectivity index (χ3v) is 5.47. The zero-order valence-electron chi connectivity index (χ0n) is 17.1. The zero-order valence-corrected chi connectivity index (χ0v) is 17.9. The monoisotopic (exact) mass is 457 g/mol. The number of nitriles is 1. The van der Waals surface area contributed by atoms with Crippen LogP contribution in [0.3, 0.4) is 0 Å². The molecule has 0 aliphatic heterocycles. The van der Waals surface area contributed by atoms with Crippen molar-refractivity contribution in [3.63, 3.8) is 0 Å². The van der Waals surface area contributed by atoms with Crippen molar-refractivity contribution in [1.29, 1.82) is 5.26 Å². The first kappa shape index (κ1) is 22.8. The van der Waals surface area contributed by atoms with Gasteiger partial charge in [-0.25, -0.2) is 27.8 Å². The number of amides is 1. The quantitative estimate of drug-likeness (QED) is 0.448. The summed E-state index contributed by atoms with van der Waals surface area (Å²) >= 11 is 0. The predicted molar refractivity (Wildman–Crippen MR) is 117 cm³/mol. The number of nitrogens with zero attached hydrogens (tertiary/aromatic N) is 4. The van der Waals surface area contributed by atoms with Crippen molar-refractivity contribution in [2.24, 2.45) is 0 Å². The highest BCUT2D eigenvalue weighted by Crippen LogP contribution is 2.21. The van der Waals surface area contributed by atoms with Crippen LogP contribution in [0.5, 0.6) is 0 Å². The van der Waals surface area contributed by atoms with Gasteiger partial charge in [0.2, 0.25) is 0 Å². The molecule has 12 heteroatoms. The highest BCUT2D eigenvalue weighted by molar-refractivity contribution is 7.90. The molecule has 4 N–H and O–H groups in total. The summed E-state index contributed by atoms with van der Waals surface area (Å²) in [5.74, 6) is -1.01. The first-order valence-electron chi connectivity index (χ1n) is 9.48. The zero-order chi connectivity index (χ0) is 23.3. The van der Waals surface area contributed by atoms with Crippen LogP contribution in [0, 0.1) is 17.1 Å². The van der Waals surface area contributed by atoms with Gasteiger partial charge in [0, 0.05) is 31.2 Å². The largest absolute Gasteiger partial charge is 0.382 e. The lowest BCUT2D eigenvalue weighted by Gasteiger charge is -2.13. The van der Waals surface area contributed by atoms with Crippen molar-refractivity contribution < 1.29 is 17.6 Å². The molecule has 1 amide bonds. The Kier molecular flexibility index (Phi) is 6.79. The van der Waals surface area contributed by atoms with Crippen LogP contribution in [-0.4, -0.2) is 54.4 Å². The number of benzene rings is 1. The molecule has 2 heterocycles. The van der Waals surface area contributed by atoms with Gasteiger partial charge in [-0.15, -0.1) is 0 Å². The van der Waals surface area contributed by atoms with Gasteiger partial charge >= 0.3 is 0 Å². The molecule has 0 saturated heterocycles. The van der Waals surface area contributed by atoms with Crippen LogP contribution < -0.4 is 16.4 Å². The van der Waals surface area contributed by atoms with Crippen LogP contribution in [0.1, 0.15) is 21.6 Å². The van der Waals surface area contributed by atoms with Crippen LogP contribution in [0.15, 0.2) is 30.6 Å². The molecular formula is C20H20FN7O3S. The topological polar surface area (TPSA) is 164 Å². The molecule has 32 heavy (non-hydrogen) atoms. The number of halogens is 1. The molecule has 10 nitrogen and oxygen atoms in total. The summed E-state index contributed by atoms with van der Waals surface area (Å²) in [6.45, 7) is 0.143. The van der Waals surface area contributed by atoms with E-state index < -0.39 is 21.6 Å². The number of nitrogen functional groups attached to an aromatic ring is 1. The number of fused-ring (bicyclic) bond motifs is 1. The number of carbonyl (C=O) groups excluding carboxylic acids is 1. The van der Waals surface area contributed by atoms with Crippen LogP contribution in [0.4, 0.5) is 16.0 Å². The SMILES string of the molecule is CS(=O)(=O)CCNC(=O)c1cc2cccc(F)c2nc1CCNc1ncnc(N)c1C#N. The molecule has 3 aromatic rings. The standard InChI is InChI=1S/C20H20FN7O3S/c1-32(30,31)8-7-25-20(29)13-9-12-3-2-4-15(21)17(12)28-16(13)5-6-24-19-14(10-22)18(23)26-11-27-19/h2-4,9,11H,5-8H2,1H3,(H,25,29)(H3,23,24,26,27). The van der Waals surface area contributed by atoms with Gasteiger partial charge in [-0.1, -0.05) is 12.1 Å². The van der Waals surface area contributed by atoms with Crippen molar-refractivity contribution >= 4 is 38.3 Å². The van der Waals surface area contributed by atoms with E-state index in [2.05, 4.69) is 25.6 Å². The van der Waals surface area contributed by atoms with E-state index >= 15 is 0 Å². The number of nitrogens with one attached hydrogen (secondary N) is 2. The molecule has 2 aromatic heterocycles. The van der Waals surface area contributed by atoms with E-state index in [1.807, 2.05) is 6.07 Å². The van der Waals surface area contributed by atoms with E-state index in [4.69, 9.17) is 5.73 Å². The maximum Gasteiger partial charge on any atom is 0.253 e. The van der Waals surface area contributed by atoms with Gasteiger partial charge < -0.3 is 16.4 Å². The van der Waals surface area contributed by atoms with E-state index in [0.29, 0.717) is 11.1 Å². The number of carbonyl (C=O) groups is 1. The van der Waals surface area contributed by atoms with Gasteiger partial charge in [0.05, 0.1) is 17.0 Å². The van der Waals surface area contributed by atoms with Crippen molar-refractivity contribution in [3.05, 3.63) is 53.2 Å². The molecule has 0 aliphatic rings. The summed E-state index contributed by atoms with van der Waals surface area (Å²) in [6.07, 6.45) is 2.47. The van der Waals surface area contributed by atoms with E-state index in [-0.39, 0.29) is 53.5 Å². The maximum atomic E-state index is 14.3. The number of aromatic nitrogens is 3. The first-order chi connectivity index (χ1) is 15.2. The Hall–Kier alpha value is -3.85. The van der Waals surface area contributed by atoms with Gasteiger partial charge in [-0.3, -0.25) is 4.79 Å². The number of nitrogens with two attached hydrogens (primary N) is 1. The van der Waals surface area contributed by atoms with Crippen LogP contribution in [0.25, 0.3) is 10.9 Å². The van der Waals surface area contributed by atoms with E-state index in [9.17, 15) is 22.9 Å². The summed E-state index contributed by atoms with van der Waals surface area (Å²) in [5.41, 5.74) is 6.36. The Labute approximate surface area is 183 Å². The third-order valence-electron chi connectivity index (χ3n) is 4.52. The molecule has 3 rings (SSSR count). The minimum Gasteiger partial charge on any atom is -0.382 e. The van der Waals surface area contributed by atoms with Crippen molar-refractivity contribution in [2.45, 2.75) is 6.42 Å². The van der Waals surface area contributed by atoms with Crippen molar-refractivity contribution in [2.75, 3.05) is 36.1 Å². The highest BCUT2D eigenvalue weighted by atomic mass is 32.2. The molecule has 0 spiro atoms. The van der Waals surface area contributed by atoms with Crippen LogP contribution in [0.2, 0.25) is 0 Å². The van der Waals surface area contributed by atoms with Crippen LogP contribution in [-0.2, 0) is 16.3 Å². The number of hydrogen-bond acceptors (Lipinski definition) is 9. The van der Waals surface area contributed by atoms with E-state index in [0.717, 1.165) is 6.26 Å². The molecule has 0 saturated carbocycles. The van der Waals surface area contributed by atoms with E-state index in [1.165, 1.54) is 24.5 Å². The fourth-order valence-electron chi connectivity index (χ4n) is 2.98. The summed E-state index contributed by atoms with van der Waals surface area (Å²) < 4.78 is 36.9. The lowest BCUT2D eigenvalue weighted by Crippen LogP contribution is -2.30. The van der Waals surface area contributed by atoms with Gasteiger partial charge in [0.1, 0.15) is 50.8 Å². The summed E-state index contributed by atoms with van der Waals surface area (Å²) in [5, 5.41) is 15.2. The molecule has 0 radical (unpaired) electrons. The molecule has 0 aliphatic carbocycles. The summed E-state index contributed by atoms with van der Waals surface area (Å²) in [4.78, 5) is 24.8. The van der Waals surface area contributed by atoms with Gasteiger partial charge in [0.25, 0.3) is 5.91 Å². The van der Waals surface area contributed by atoms with Gasteiger partial charge in [-0.2, -0.15) is 5.26 Å². The number of pyridine rings is 1. The second kappa shape index (κ2) is 9.52. The fourth-order valence-corrected chi connectivity index (χ4v) is 3.45. The highest BCUT2D eigenvalue weighted by Gasteiger charge is 2.17. The Morgan fingerprint density at radius 2 is 2.06 bits per heavy atom. The second-order valence-electron chi connectivity index (χ2n) is 6.95. The Bertz CT molecular complexity index is 1320. The molecule has 0 fully saturated rings. The maximum absolute atomic E-state index is 14.3.